The summed E-state index contributed by atoms with van der Waals surface area (Å²) in [6.45, 7) is 2.79. The summed E-state index contributed by atoms with van der Waals surface area (Å²) in [4.78, 5) is 15.0. The van der Waals surface area contributed by atoms with Crippen LogP contribution in [0, 0.1) is 11.3 Å². The first-order chi connectivity index (χ1) is 11.2. The SMILES string of the molecule is COC(=O)c1cn(C2CCN(Cc3cc(C#N)cs3)CC2)nn1. The van der Waals surface area contributed by atoms with Crippen molar-refractivity contribution in [2.75, 3.05) is 20.2 Å². The molecule has 0 radical (unpaired) electrons. The summed E-state index contributed by atoms with van der Waals surface area (Å²) in [5.41, 5.74) is 0.982. The number of thiophene rings is 1. The summed E-state index contributed by atoms with van der Waals surface area (Å²) in [5.74, 6) is -0.459. The average Bonchev–Trinajstić information content (AvgIpc) is 3.24. The van der Waals surface area contributed by atoms with E-state index in [0.29, 0.717) is 0 Å². The van der Waals surface area contributed by atoms with E-state index in [0.717, 1.165) is 38.0 Å². The molecule has 0 amide bonds. The average molecular weight is 331 g/mol. The summed E-state index contributed by atoms with van der Waals surface area (Å²) < 4.78 is 6.41. The lowest BCUT2D eigenvalue weighted by Crippen LogP contribution is -2.34. The molecule has 0 aromatic carbocycles. The fourth-order valence-electron chi connectivity index (χ4n) is 2.74. The molecule has 0 atom stereocenters. The number of methoxy groups -OCH3 is 1. The summed E-state index contributed by atoms with van der Waals surface area (Å²) in [7, 11) is 1.34. The lowest BCUT2D eigenvalue weighted by atomic mass is 10.1. The number of aromatic nitrogens is 3. The number of hydrogen-bond donors (Lipinski definition) is 0. The van der Waals surface area contributed by atoms with Gasteiger partial charge in [0.15, 0.2) is 5.69 Å². The lowest BCUT2D eigenvalue weighted by molar-refractivity contribution is 0.0594. The molecule has 2 aromatic heterocycles. The van der Waals surface area contributed by atoms with Gasteiger partial charge in [-0.05, 0) is 18.9 Å². The molecule has 0 bridgehead atoms. The highest BCUT2D eigenvalue weighted by molar-refractivity contribution is 7.10. The molecule has 7 nitrogen and oxygen atoms in total. The van der Waals surface area contributed by atoms with Crippen molar-refractivity contribution in [2.45, 2.75) is 25.4 Å². The molecule has 23 heavy (non-hydrogen) atoms. The molecule has 1 aliphatic rings. The van der Waals surface area contributed by atoms with Crippen molar-refractivity contribution in [1.82, 2.24) is 19.9 Å². The van der Waals surface area contributed by atoms with Crippen LogP contribution >= 0.6 is 11.3 Å². The van der Waals surface area contributed by atoms with Gasteiger partial charge in [-0.2, -0.15) is 5.26 Å². The molecule has 1 aliphatic heterocycles. The second-order valence-corrected chi connectivity index (χ2v) is 6.49. The third-order valence-electron chi connectivity index (χ3n) is 4.00. The van der Waals surface area contributed by atoms with Crippen molar-refractivity contribution >= 4 is 17.3 Å². The smallest absolute Gasteiger partial charge is 0.360 e. The van der Waals surface area contributed by atoms with Gasteiger partial charge in [0.25, 0.3) is 0 Å². The monoisotopic (exact) mass is 331 g/mol. The molecule has 0 N–H and O–H groups in total. The molecule has 1 saturated heterocycles. The Hall–Kier alpha value is -2.24. The Bertz CT molecular complexity index is 724. The predicted octanol–water partition coefficient (Wildman–Crippen LogP) is 1.83. The number of hydrogen-bond acceptors (Lipinski definition) is 7. The van der Waals surface area contributed by atoms with Crippen molar-refractivity contribution in [3.63, 3.8) is 0 Å². The van der Waals surface area contributed by atoms with Crippen LogP contribution in [0.4, 0.5) is 0 Å². The van der Waals surface area contributed by atoms with Gasteiger partial charge < -0.3 is 4.74 Å². The van der Waals surface area contributed by atoms with Gasteiger partial charge >= 0.3 is 5.97 Å². The molecule has 120 valence electrons. The van der Waals surface area contributed by atoms with Crippen LogP contribution in [0.2, 0.25) is 0 Å². The standard InChI is InChI=1S/C15H17N5O2S/c1-22-15(21)14-9-20(18-17-14)12-2-4-19(5-3-12)8-13-6-11(7-16)10-23-13/h6,9-10,12H,2-5,8H2,1H3. The zero-order valence-corrected chi connectivity index (χ0v) is 13.6. The van der Waals surface area contributed by atoms with Crippen molar-refractivity contribution in [3.8, 4) is 6.07 Å². The van der Waals surface area contributed by atoms with E-state index in [1.54, 1.807) is 22.2 Å². The highest BCUT2D eigenvalue weighted by atomic mass is 32.1. The zero-order chi connectivity index (χ0) is 16.2. The van der Waals surface area contributed by atoms with E-state index in [1.807, 2.05) is 11.4 Å². The molecule has 0 spiro atoms. The maximum absolute atomic E-state index is 11.4. The Balaban J connectivity index is 1.55. The molecular formula is C15H17N5O2S. The van der Waals surface area contributed by atoms with Gasteiger partial charge in [-0.1, -0.05) is 5.21 Å². The van der Waals surface area contributed by atoms with E-state index in [-0.39, 0.29) is 11.7 Å². The minimum atomic E-state index is -0.459. The van der Waals surface area contributed by atoms with Crippen LogP contribution in [0.25, 0.3) is 0 Å². The summed E-state index contributed by atoms with van der Waals surface area (Å²) in [6.07, 6.45) is 3.57. The van der Waals surface area contributed by atoms with E-state index in [1.165, 1.54) is 12.0 Å². The van der Waals surface area contributed by atoms with Crippen LogP contribution < -0.4 is 0 Å². The van der Waals surface area contributed by atoms with Gasteiger partial charge in [0, 0.05) is 29.9 Å². The number of carbonyl (C=O) groups is 1. The maximum atomic E-state index is 11.4. The quantitative estimate of drug-likeness (QED) is 0.795. The molecule has 0 unspecified atom stereocenters. The lowest BCUT2D eigenvalue weighted by Gasteiger charge is -2.31. The Morgan fingerprint density at radius 3 is 2.96 bits per heavy atom. The third-order valence-corrected chi connectivity index (χ3v) is 4.92. The van der Waals surface area contributed by atoms with Crippen LogP contribution in [0.3, 0.4) is 0 Å². The minimum Gasteiger partial charge on any atom is -0.464 e. The highest BCUT2D eigenvalue weighted by Gasteiger charge is 2.23. The molecule has 1 fully saturated rings. The van der Waals surface area contributed by atoms with Gasteiger partial charge in [-0.25, -0.2) is 9.48 Å². The Morgan fingerprint density at radius 2 is 2.30 bits per heavy atom. The predicted molar refractivity (Wildman–Crippen MR) is 83.9 cm³/mol. The first-order valence-corrected chi connectivity index (χ1v) is 8.27. The fourth-order valence-corrected chi connectivity index (χ4v) is 3.59. The van der Waals surface area contributed by atoms with Crippen LogP contribution in [0.1, 0.15) is 39.8 Å². The number of ether oxygens (including phenoxy) is 1. The van der Waals surface area contributed by atoms with Crippen molar-refractivity contribution in [2.24, 2.45) is 0 Å². The fraction of sp³-hybridized carbons (Fsp3) is 0.467. The number of nitriles is 1. The number of piperidine rings is 1. The van der Waals surface area contributed by atoms with E-state index in [9.17, 15) is 4.79 Å². The van der Waals surface area contributed by atoms with E-state index in [4.69, 9.17) is 5.26 Å². The summed E-state index contributed by atoms with van der Waals surface area (Å²) in [5, 5.41) is 18.7. The van der Waals surface area contributed by atoms with Crippen LogP contribution in [0.5, 0.6) is 0 Å². The Morgan fingerprint density at radius 1 is 1.52 bits per heavy atom. The number of likely N-dealkylation sites (tertiary alicyclic amines) is 1. The van der Waals surface area contributed by atoms with Crippen LogP contribution in [0.15, 0.2) is 17.6 Å². The van der Waals surface area contributed by atoms with Gasteiger partial charge in [0.05, 0.1) is 24.9 Å². The number of nitrogens with zero attached hydrogens (tertiary/aromatic N) is 5. The second-order valence-electron chi connectivity index (χ2n) is 5.50. The number of rotatable bonds is 4. The van der Waals surface area contributed by atoms with Gasteiger partial charge in [-0.15, -0.1) is 16.4 Å². The molecule has 0 aliphatic carbocycles. The van der Waals surface area contributed by atoms with Gasteiger partial charge in [0.1, 0.15) is 6.07 Å². The Kier molecular flexibility index (Phi) is 4.69. The summed E-state index contributed by atoms with van der Waals surface area (Å²) >= 11 is 1.63. The first-order valence-electron chi connectivity index (χ1n) is 7.39. The van der Waals surface area contributed by atoms with Crippen LogP contribution in [-0.2, 0) is 11.3 Å². The highest BCUT2D eigenvalue weighted by Crippen LogP contribution is 2.24. The van der Waals surface area contributed by atoms with E-state index >= 15 is 0 Å². The van der Waals surface area contributed by atoms with Crippen LogP contribution in [-0.4, -0.2) is 46.1 Å². The van der Waals surface area contributed by atoms with E-state index < -0.39 is 5.97 Å². The molecular weight excluding hydrogens is 314 g/mol. The normalized spacial score (nSPS) is 16.2. The topological polar surface area (TPSA) is 84.0 Å². The largest absolute Gasteiger partial charge is 0.464 e. The minimum absolute atomic E-state index is 0.248. The second kappa shape index (κ2) is 6.89. The molecule has 3 heterocycles. The third kappa shape index (κ3) is 3.57. The van der Waals surface area contributed by atoms with Gasteiger partial charge in [-0.3, -0.25) is 4.90 Å². The van der Waals surface area contributed by atoms with Crippen molar-refractivity contribution in [1.29, 1.82) is 5.26 Å². The first kappa shape index (κ1) is 15.6. The number of esters is 1. The molecule has 2 aromatic rings. The van der Waals surface area contributed by atoms with Crippen molar-refractivity contribution in [3.05, 3.63) is 33.8 Å². The molecule has 0 saturated carbocycles. The van der Waals surface area contributed by atoms with Crippen molar-refractivity contribution < 1.29 is 9.53 Å². The molecule has 3 rings (SSSR count). The maximum Gasteiger partial charge on any atom is 0.360 e. The Labute approximate surface area is 138 Å². The number of carbonyl (C=O) groups excluding carboxylic acids is 1. The van der Waals surface area contributed by atoms with E-state index in [2.05, 4.69) is 26.0 Å². The zero-order valence-electron chi connectivity index (χ0n) is 12.8. The molecule has 8 heteroatoms. The summed E-state index contributed by atoms with van der Waals surface area (Å²) in [6, 6.07) is 4.38. The van der Waals surface area contributed by atoms with Gasteiger partial charge in [0.2, 0.25) is 0 Å².